The number of hydrogen-bond donors (Lipinski definition) is 4. The third-order valence-electron chi connectivity index (χ3n) is 5.17. The highest BCUT2D eigenvalue weighted by Gasteiger charge is 2.66. The van der Waals surface area contributed by atoms with Crippen LogP contribution in [-0.2, 0) is 21.0 Å². The second-order valence-corrected chi connectivity index (χ2v) is 6.83. The fourth-order valence-electron chi connectivity index (χ4n) is 3.74. The van der Waals surface area contributed by atoms with E-state index in [-0.39, 0.29) is 16.8 Å². The maximum Gasteiger partial charge on any atom is 0.324 e. The van der Waals surface area contributed by atoms with Crippen LogP contribution in [0.1, 0.15) is 11.1 Å². The quantitative estimate of drug-likeness (QED) is 0.244. The molecule has 4 rings (SSSR count). The number of rotatable bonds is 4. The summed E-state index contributed by atoms with van der Waals surface area (Å²) in [4.78, 5) is 51.9. The molecule has 10 heteroatoms. The minimum Gasteiger partial charge on any atom is -0.507 e. The van der Waals surface area contributed by atoms with Crippen LogP contribution in [0.5, 0.6) is 5.75 Å². The van der Waals surface area contributed by atoms with Gasteiger partial charge in [0.1, 0.15) is 17.1 Å². The Bertz CT molecular complexity index is 1160. The lowest BCUT2D eigenvalue weighted by Crippen LogP contribution is -2.60. The van der Waals surface area contributed by atoms with E-state index in [2.05, 4.69) is 5.32 Å². The topological polar surface area (TPSA) is 145 Å². The number of Topliss-reactive ketones (excluding diaryl/α,β-unsaturated/α-hetero) is 1. The van der Waals surface area contributed by atoms with E-state index < -0.39 is 47.2 Å². The van der Waals surface area contributed by atoms with Crippen molar-refractivity contribution in [3.8, 4) is 5.75 Å². The zero-order valence-electron chi connectivity index (χ0n) is 16.2. The van der Waals surface area contributed by atoms with Gasteiger partial charge in [0, 0.05) is 11.1 Å². The Hall–Kier alpha value is -4.18. The molecule has 1 atom stereocenters. The number of urea groups is 1. The van der Waals surface area contributed by atoms with Gasteiger partial charge >= 0.3 is 11.9 Å². The van der Waals surface area contributed by atoms with Gasteiger partial charge in [-0.05, 0) is 30.3 Å². The van der Waals surface area contributed by atoms with Crippen LogP contribution in [0.3, 0.4) is 0 Å². The second-order valence-electron chi connectivity index (χ2n) is 6.83. The Balaban J connectivity index is 1.99. The maximum absolute atomic E-state index is 13.0. The van der Waals surface area contributed by atoms with Gasteiger partial charge in [0.25, 0.3) is 11.7 Å². The molecule has 0 radical (unpaired) electrons. The lowest BCUT2D eigenvalue weighted by Gasteiger charge is -2.33. The molecule has 1 unspecified atom stereocenters. The molecule has 2 saturated heterocycles. The Morgan fingerprint density at radius 2 is 1.74 bits per heavy atom. The van der Waals surface area contributed by atoms with Gasteiger partial charge in [-0.15, -0.1) is 0 Å². The van der Waals surface area contributed by atoms with E-state index in [4.69, 9.17) is 4.74 Å². The summed E-state index contributed by atoms with van der Waals surface area (Å²) in [6, 6.07) is 11.0. The summed E-state index contributed by atoms with van der Waals surface area (Å²) in [7, 11) is 1.45. The van der Waals surface area contributed by atoms with E-state index in [1.165, 1.54) is 43.5 Å². The monoisotopic (exact) mass is 423 g/mol. The number of imide groups is 1. The molecular formula is C21H17N3O7. The van der Waals surface area contributed by atoms with Crippen LogP contribution in [0.2, 0.25) is 0 Å². The number of aliphatic hydroxyl groups excluding tert-OH is 2. The number of ether oxygens (including phenoxy) is 1. The zero-order chi connectivity index (χ0) is 22.3. The molecule has 31 heavy (non-hydrogen) atoms. The Kier molecular flexibility index (Phi) is 4.71. The van der Waals surface area contributed by atoms with Crippen LogP contribution < -0.4 is 20.3 Å². The number of anilines is 1. The number of carbonyl (C=O) groups is 4. The van der Waals surface area contributed by atoms with Gasteiger partial charge in [-0.1, -0.05) is 18.2 Å². The minimum atomic E-state index is -2.32. The number of benzene rings is 2. The number of nitrogens with zero attached hydrogens (tertiary/aromatic N) is 1. The van der Waals surface area contributed by atoms with Crippen LogP contribution in [0.15, 0.2) is 54.1 Å². The van der Waals surface area contributed by atoms with E-state index in [0.717, 1.165) is 4.90 Å². The summed E-state index contributed by atoms with van der Waals surface area (Å²) in [5, 5.41) is 25.0. The third kappa shape index (κ3) is 2.84. The largest absolute Gasteiger partial charge is 0.507 e. The molecule has 10 nitrogen and oxygen atoms in total. The second kappa shape index (κ2) is 7.26. The standard InChI is InChI=1S/C21H17N3O7/c1-31-13-8-6-11(7-9-13)16(26)15-17(27)18(28)24(14-5-3-2-4-12(14)10-25)21(15)19(29)22-20(30)23-21/h2-9,25-26H,10H2,1H3,(H2,22,23,29,30)/b16-15-. The lowest BCUT2D eigenvalue weighted by atomic mass is 9.94. The molecule has 2 aromatic rings. The van der Waals surface area contributed by atoms with Gasteiger partial charge in [-0.3, -0.25) is 24.6 Å². The van der Waals surface area contributed by atoms with Gasteiger partial charge in [0.15, 0.2) is 0 Å². The molecule has 1 spiro atoms. The SMILES string of the molecule is COc1ccc(/C(O)=C2\C(=O)C(=O)N(c3ccccc3CO)C23NC(=O)NC3=O)cc1. The molecule has 2 fully saturated rings. The Labute approximate surface area is 175 Å². The highest BCUT2D eigenvalue weighted by molar-refractivity contribution is 6.55. The molecule has 2 heterocycles. The summed E-state index contributed by atoms with van der Waals surface area (Å²) < 4.78 is 5.07. The average Bonchev–Trinajstić information content (AvgIpc) is 3.19. The number of aliphatic hydroxyl groups is 2. The fourth-order valence-corrected chi connectivity index (χ4v) is 3.74. The number of carbonyl (C=O) groups excluding carboxylic acids is 4. The van der Waals surface area contributed by atoms with E-state index in [9.17, 15) is 29.4 Å². The number of ketones is 1. The van der Waals surface area contributed by atoms with E-state index in [0.29, 0.717) is 5.75 Å². The predicted octanol–water partition coefficient (Wildman–Crippen LogP) is 0.608. The molecule has 4 amide bonds. The molecule has 2 aromatic carbocycles. The van der Waals surface area contributed by atoms with Gasteiger partial charge < -0.3 is 20.3 Å². The van der Waals surface area contributed by atoms with Crippen LogP contribution in [0.25, 0.3) is 5.76 Å². The highest BCUT2D eigenvalue weighted by Crippen LogP contribution is 2.42. The first kappa shape index (κ1) is 20.1. The first-order valence-electron chi connectivity index (χ1n) is 9.14. The average molecular weight is 423 g/mol. The summed E-state index contributed by atoms with van der Waals surface area (Å²) in [5.74, 6) is -3.50. The minimum absolute atomic E-state index is 0.0400. The highest BCUT2D eigenvalue weighted by atomic mass is 16.5. The van der Waals surface area contributed by atoms with E-state index in [1.807, 2.05) is 5.32 Å². The van der Waals surface area contributed by atoms with Crippen LogP contribution >= 0.6 is 0 Å². The van der Waals surface area contributed by atoms with E-state index >= 15 is 0 Å². The summed E-state index contributed by atoms with van der Waals surface area (Å²) >= 11 is 0. The number of amides is 4. The molecule has 0 saturated carbocycles. The Morgan fingerprint density at radius 1 is 1.06 bits per heavy atom. The number of methoxy groups -OCH3 is 1. The summed E-state index contributed by atoms with van der Waals surface area (Å²) in [6.45, 7) is -0.497. The molecule has 0 aliphatic carbocycles. The normalized spacial score (nSPS) is 22.1. The molecular weight excluding hydrogens is 406 g/mol. The molecule has 2 aliphatic rings. The molecule has 0 bridgehead atoms. The van der Waals surface area contributed by atoms with Crippen molar-refractivity contribution in [1.29, 1.82) is 0 Å². The van der Waals surface area contributed by atoms with Crippen molar-refractivity contribution >= 4 is 35.1 Å². The molecule has 2 aliphatic heterocycles. The zero-order valence-corrected chi connectivity index (χ0v) is 16.2. The van der Waals surface area contributed by atoms with Gasteiger partial charge in [0.05, 0.1) is 19.4 Å². The fraction of sp³-hybridized carbons (Fsp3) is 0.143. The van der Waals surface area contributed by atoms with Crippen molar-refractivity contribution in [2.24, 2.45) is 0 Å². The lowest BCUT2D eigenvalue weighted by molar-refractivity contribution is -0.132. The van der Waals surface area contributed by atoms with Gasteiger partial charge in [0.2, 0.25) is 5.66 Å². The predicted molar refractivity (Wildman–Crippen MR) is 107 cm³/mol. The molecule has 0 aromatic heterocycles. The molecule has 158 valence electrons. The number of nitrogens with one attached hydrogen (secondary N) is 2. The van der Waals surface area contributed by atoms with Crippen molar-refractivity contribution < 1.29 is 34.1 Å². The van der Waals surface area contributed by atoms with Crippen LogP contribution in [0, 0.1) is 0 Å². The van der Waals surface area contributed by atoms with Crippen molar-refractivity contribution in [1.82, 2.24) is 10.6 Å². The van der Waals surface area contributed by atoms with Crippen molar-refractivity contribution in [2.45, 2.75) is 12.3 Å². The third-order valence-corrected chi connectivity index (χ3v) is 5.17. The first-order valence-corrected chi connectivity index (χ1v) is 9.14. The smallest absolute Gasteiger partial charge is 0.324 e. The van der Waals surface area contributed by atoms with Crippen LogP contribution in [0.4, 0.5) is 10.5 Å². The van der Waals surface area contributed by atoms with Crippen molar-refractivity contribution in [2.75, 3.05) is 12.0 Å². The summed E-state index contributed by atoms with van der Waals surface area (Å²) in [5.41, 5.74) is -2.51. The maximum atomic E-state index is 13.0. The van der Waals surface area contributed by atoms with Crippen molar-refractivity contribution in [3.63, 3.8) is 0 Å². The summed E-state index contributed by atoms with van der Waals surface area (Å²) in [6.07, 6.45) is 0. The first-order chi connectivity index (χ1) is 14.8. The Morgan fingerprint density at radius 3 is 2.32 bits per heavy atom. The number of hydrogen-bond acceptors (Lipinski definition) is 7. The van der Waals surface area contributed by atoms with E-state index in [1.54, 1.807) is 12.1 Å². The van der Waals surface area contributed by atoms with Crippen LogP contribution in [-0.4, -0.2) is 46.6 Å². The molecule has 4 N–H and O–H groups in total. The van der Waals surface area contributed by atoms with Gasteiger partial charge in [-0.25, -0.2) is 4.79 Å². The van der Waals surface area contributed by atoms with Crippen molar-refractivity contribution in [3.05, 3.63) is 65.2 Å². The van der Waals surface area contributed by atoms with Gasteiger partial charge in [-0.2, -0.15) is 0 Å². The number of para-hydroxylation sites is 1.